The number of nitrogens with zero attached hydrogens (tertiary/aromatic N) is 1. The first-order valence-corrected chi connectivity index (χ1v) is 10.2. The zero-order valence-corrected chi connectivity index (χ0v) is 17.4. The van der Waals surface area contributed by atoms with Crippen LogP contribution in [0.3, 0.4) is 0 Å². The molecule has 1 fully saturated rings. The van der Waals surface area contributed by atoms with Crippen molar-refractivity contribution in [1.29, 1.82) is 0 Å². The molecule has 1 saturated carbocycles. The van der Waals surface area contributed by atoms with E-state index in [4.69, 9.17) is 15.9 Å². The number of nitrogens with one attached hydrogen (secondary N) is 2. The Labute approximate surface area is 176 Å². The number of pyridine rings is 1. The van der Waals surface area contributed by atoms with Crippen molar-refractivity contribution in [2.75, 3.05) is 18.2 Å². The number of hydrogen-bond acceptors (Lipinski definition) is 5. The van der Waals surface area contributed by atoms with E-state index in [1.807, 2.05) is 37.3 Å². The average Bonchev–Trinajstić information content (AvgIpc) is 3.19. The van der Waals surface area contributed by atoms with Crippen LogP contribution in [0, 0.1) is 0 Å². The number of aliphatic hydroxyl groups is 1. The summed E-state index contributed by atoms with van der Waals surface area (Å²) in [4.78, 5) is 17.3. The van der Waals surface area contributed by atoms with E-state index in [9.17, 15) is 9.90 Å². The third-order valence-electron chi connectivity index (χ3n) is 5.58. The molecule has 0 radical (unpaired) electrons. The van der Waals surface area contributed by atoms with E-state index in [1.165, 1.54) is 7.11 Å². The molecule has 1 aromatic carbocycles. The van der Waals surface area contributed by atoms with Crippen LogP contribution in [0.15, 0.2) is 36.4 Å². The number of ether oxygens (including phenoxy) is 1. The monoisotopic (exact) mass is 412 g/mol. The average molecular weight is 413 g/mol. The molecular formula is C22H30N5O3+. The van der Waals surface area contributed by atoms with Crippen LogP contribution in [-0.2, 0) is 11.2 Å². The van der Waals surface area contributed by atoms with Crippen molar-refractivity contribution in [2.45, 2.75) is 50.7 Å². The molecule has 1 aliphatic rings. The lowest BCUT2D eigenvalue weighted by molar-refractivity contribution is -0.135. The van der Waals surface area contributed by atoms with Gasteiger partial charge in [0.25, 0.3) is 0 Å². The first-order valence-electron chi connectivity index (χ1n) is 10.2. The predicted octanol–water partition coefficient (Wildman–Crippen LogP) is 1.55. The van der Waals surface area contributed by atoms with Crippen molar-refractivity contribution in [1.82, 2.24) is 10.3 Å². The molecule has 160 valence electrons. The number of carbonyl (C=O) groups excluding carboxylic acids is 1. The number of aryl methyl sites for hydroxylation is 1. The van der Waals surface area contributed by atoms with Gasteiger partial charge in [0.15, 0.2) is 0 Å². The van der Waals surface area contributed by atoms with Crippen LogP contribution in [0.2, 0.25) is 0 Å². The third-order valence-corrected chi connectivity index (χ3v) is 5.58. The second-order valence-corrected chi connectivity index (χ2v) is 7.59. The number of amides is 2. The highest BCUT2D eigenvalue weighted by atomic mass is 16.5. The summed E-state index contributed by atoms with van der Waals surface area (Å²) in [7, 11) is 1.46. The Balaban J connectivity index is 1.82. The third kappa shape index (κ3) is 4.54. The van der Waals surface area contributed by atoms with E-state index in [2.05, 4.69) is 15.6 Å². The molecule has 30 heavy (non-hydrogen) atoms. The molecule has 3 rings (SSSR count). The second kappa shape index (κ2) is 9.13. The maximum absolute atomic E-state index is 12.8. The molecule has 0 saturated heterocycles. The maximum Gasteiger partial charge on any atom is 0.370 e. The Morgan fingerprint density at radius 3 is 2.60 bits per heavy atom. The Hall–Kier alpha value is -3.13. The Bertz CT molecular complexity index is 910. The van der Waals surface area contributed by atoms with Crippen LogP contribution in [0.1, 0.15) is 55.5 Å². The normalized spacial score (nSPS) is 16.0. The van der Waals surface area contributed by atoms with E-state index in [0.717, 1.165) is 18.4 Å². The van der Waals surface area contributed by atoms with Crippen molar-refractivity contribution < 1.29 is 20.0 Å². The molecule has 0 unspecified atom stereocenters. The largest absolute Gasteiger partial charge is 0.448 e. The highest BCUT2D eigenvalue weighted by Gasteiger charge is 2.41. The summed E-state index contributed by atoms with van der Waals surface area (Å²) in [5, 5.41) is 22.7. The van der Waals surface area contributed by atoms with Gasteiger partial charge in [-0.1, -0.05) is 50.1 Å². The highest BCUT2D eigenvalue weighted by molar-refractivity contribution is 5.97. The number of urea groups is 1. The van der Waals surface area contributed by atoms with E-state index < -0.39 is 17.7 Å². The van der Waals surface area contributed by atoms with Gasteiger partial charge in [0.2, 0.25) is 0 Å². The van der Waals surface area contributed by atoms with Gasteiger partial charge in [-0.3, -0.25) is 5.32 Å². The van der Waals surface area contributed by atoms with Gasteiger partial charge in [0.1, 0.15) is 11.4 Å². The highest BCUT2D eigenvalue weighted by Crippen LogP contribution is 2.39. The van der Waals surface area contributed by atoms with Crippen LogP contribution < -0.4 is 21.8 Å². The topological polar surface area (TPSA) is 135 Å². The number of aromatic nitrogens is 1. The van der Waals surface area contributed by atoms with Gasteiger partial charge < -0.3 is 20.9 Å². The number of nitrogen functional groups attached to an aromatic ring is 1. The van der Waals surface area contributed by atoms with Crippen LogP contribution in [-0.4, -0.2) is 34.7 Å². The number of nitrogens with two attached hydrogens (primary N) is 2. The van der Waals surface area contributed by atoms with Crippen molar-refractivity contribution in [3.8, 4) is 0 Å². The zero-order valence-electron chi connectivity index (χ0n) is 17.4. The minimum Gasteiger partial charge on any atom is -0.448 e. The molecule has 1 aliphatic carbocycles. The molecule has 1 aromatic heterocycles. The van der Waals surface area contributed by atoms with Crippen molar-refractivity contribution in [3.63, 3.8) is 0 Å². The van der Waals surface area contributed by atoms with E-state index >= 15 is 0 Å². The predicted molar refractivity (Wildman–Crippen MR) is 116 cm³/mol. The molecule has 0 spiro atoms. The Kier molecular flexibility index (Phi) is 6.56. The lowest BCUT2D eigenvalue weighted by Gasteiger charge is -2.33. The standard InChI is InChI=1S/C22H29N5O3/c1-3-16-18(20(24)30-2)15(23)13-17(25-16)26-21(28)27-19(14-9-5-4-6-10-14)22(29)11-7-8-12-22/h4-6,9-10,13,19,24,29H,3,7-8,11-12H2,1-2H3,(H4,23,25,26,27,28)/p+1/t19-/m0/s1. The van der Waals surface area contributed by atoms with Gasteiger partial charge in [0, 0.05) is 6.07 Å². The fourth-order valence-corrected chi connectivity index (χ4v) is 4.06. The molecule has 0 aliphatic heterocycles. The number of hydrogen-bond donors (Lipinski definition) is 5. The Morgan fingerprint density at radius 2 is 2.00 bits per heavy atom. The van der Waals surface area contributed by atoms with Gasteiger partial charge in [-0.15, -0.1) is 0 Å². The first kappa shape index (κ1) is 21.6. The summed E-state index contributed by atoms with van der Waals surface area (Å²) in [5.74, 6) is 0.486. The summed E-state index contributed by atoms with van der Waals surface area (Å²) in [6, 6.07) is 10.1. The van der Waals surface area contributed by atoms with Gasteiger partial charge in [-0.25, -0.2) is 15.2 Å². The number of carbonyl (C=O) groups is 1. The molecule has 8 nitrogen and oxygen atoms in total. The minimum absolute atomic E-state index is 0.181. The fourth-order valence-electron chi connectivity index (χ4n) is 4.06. The van der Waals surface area contributed by atoms with E-state index in [1.54, 1.807) is 6.07 Å². The molecule has 7 N–H and O–H groups in total. The van der Waals surface area contributed by atoms with Gasteiger partial charge >= 0.3 is 11.9 Å². The summed E-state index contributed by atoms with van der Waals surface area (Å²) in [5.41, 5.74) is 7.53. The van der Waals surface area contributed by atoms with Crippen molar-refractivity contribution >= 4 is 23.4 Å². The fraction of sp³-hybridized carbons (Fsp3) is 0.409. The molecule has 2 aromatic rings. The lowest BCUT2D eigenvalue weighted by atomic mass is 9.87. The first-order chi connectivity index (χ1) is 14.4. The quantitative estimate of drug-likeness (QED) is 0.362. The van der Waals surface area contributed by atoms with Crippen LogP contribution in [0.25, 0.3) is 0 Å². The summed E-state index contributed by atoms with van der Waals surface area (Å²) >= 11 is 0. The molecule has 1 heterocycles. The van der Waals surface area contributed by atoms with E-state index in [0.29, 0.717) is 42.0 Å². The lowest BCUT2D eigenvalue weighted by Crippen LogP contribution is -2.46. The number of rotatable bonds is 6. The van der Waals surface area contributed by atoms with Gasteiger partial charge in [0.05, 0.1) is 30.1 Å². The SMILES string of the molecule is CCc1nc(NC(=O)N[C@@H](c2ccccc2)C2(O)CCCC2)cc(N)c1C(=[NH2+])OC. The van der Waals surface area contributed by atoms with Crippen LogP contribution >= 0.6 is 0 Å². The summed E-state index contributed by atoms with van der Waals surface area (Å²) < 4.78 is 5.10. The number of anilines is 2. The number of benzene rings is 1. The van der Waals surface area contributed by atoms with E-state index in [-0.39, 0.29) is 5.90 Å². The van der Waals surface area contributed by atoms with Gasteiger partial charge in [-0.05, 0) is 24.8 Å². The van der Waals surface area contributed by atoms with Crippen LogP contribution in [0.4, 0.5) is 16.3 Å². The Morgan fingerprint density at radius 1 is 1.33 bits per heavy atom. The summed E-state index contributed by atoms with van der Waals surface area (Å²) in [6.07, 6.45) is 3.70. The molecule has 2 amide bonds. The minimum atomic E-state index is -0.981. The maximum atomic E-state index is 12.8. The summed E-state index contributed by atoms with van der Waals surface area (Å²) in [6.45, 7) is 1.92. The number of methoxy groups -OCH3 is 1. The van der Waals surface area contributed by atoms with Crippen molar-refractivity contribution in [3.05, 3.63) is 53.2 Å². The molecule has 8 heteroatoms. The molecular weight excluding hydrogens is 382 g/mol. The second-order valence-electron chi connectivity index (χ2n) is 7.59. The van der Waals surface area contributed by atoms with Crippen LogP contribution in [0.5, 0.6) is 0 Å². The molecule has 1 atom stereocenters. The zero-order chi connectivity index (χ0) is 21.7. The van der Waals surface area contributed by atoms with Gasteiger partial charge in [-0.2, -0.15) is 0 Å². The van der Waals surface area contributed by atoms with Crippen molar-refractivity contribution in [2.24, 2.45) is 0 Å². The smallest absolute Gasteiger partial charge is 0.370 e. The molecule has 0 bridgehead atoms.